The Labute approximate surface area is 48.7 Å². The lowest BCUT2D eigenvalue weighted by Crippen LogP contribution is -1.88. The normalized spacial score (nSPS) is 8.71. The van der Waals surface area contributed by atoms with Gasteiger partial charge in [0.25, 0.3) is 0 Å². The van der Waals surface area contributed by atoms with Crippen LogP contribution in [0.3, 0.4) is 0 Å². The van der Waals surface area contributed by atoms with E-state index in [4.69, 9.17) is 4.74 Å². The molecule has 0 amide bonds. The van der Waals surface area contributed by atoms with E-state index >= 15 is 0 Å². The van der Waals surface area contributed by atoms with E-state index in [1.165, 1.54) is 0 Å². The molecule has 0 aromatic rings. The van der Waals surface area contributed by atoms with Gasteiger partial charge in [0.05, 0.1) is 6.61 Å². The van der Waals surface area contributed by atoms with Crippen LogP contribution in [0.2, 0.25) is 0 Å². The van der Waals surface area contributed by atoms with Crippen LogP contribution in [-0.4, -0.2) is 19.5 Å². The number of methoxy groups -OCH3 is 1. The average molecular weight is 118 g/mol. The molecule has 0 saturated heterocycles. The highest BCUT2D eigenvalue weighted by Crippen LogP contribution is 1.97. The van der Waals surface area contributed by atoms with Crippen molar-refractivity contribution in [3.63, 3.8) is 0 Å². The molecule has 0 N–H and O–H groups in total. The van der Waals surface area contributed by atoms with Gasteiger partial charge in [0, 0.05) is 12.9 Å². The van der Waals surface area contributed by atoms with Crippen molar-refractivity contribution in [2.45, 2.75) is 0 Å². The van der Waals surface area contributed by atoms with E-state index in [2.05, 4.69) is 6.58 Å². The first-order valence-corrected chi connectivity index (χ1v) is 3.18. The van der Waals surface area contributed by atoms with Gasteiger partial charge in [-0.25, -0.2) is 0 Å². The second-order valence-corrected chi connectivity index (χ2v) is 2.11. The Balaban J connectivity index is 2.56. The summed E-state index contributed by atoms with van der Waals surface area (Å²) in [7, 11) is 1.70. The van der Waals surface area contributed by atoms with Gasteiger partial charge < -0.3 is 4.74 Å². The fourth-order valence-corrected chi connectivity index (χ4v) is 0.644. The topological polar surface area (TPSA) is 9.23 Å². The molecule has 0 aliphatic heterocycles. The summed E-state index contributed by atoms with van der Waals surface area (Å²) in [6, 6.07) is 0. The van der Waals surface area contributed by atoms with Crippen LogP contribution in [0.5, 0.6) is 0 Å². The van der Waals surface area contributed by atoms with Crippen LogP contribution < -0.4 is 0 Å². The molecule has 0 aromatic carbocycles. The van der Waals surface area contributed by atoms with Gasteiger partial charge in [0.15, 0.2) is 0 Å². The Morgan fingerprint density at radius 2 is 2.57 bits per heavy atom. The van der Waals surface area contributed by atoms with Crippen molar-refractivity contribution < 1.29 is 4.74 Å². The fourth-order valence-electron chi connectivity index (χ4n) is 0.215. The standard InChI is InChI=1S/C5H10OS/c1-3-7-5-4-6-2/h3H,1,4-5H2,2H3. The first-order chi connectivity index (χ1) is 3.41. The zero-order chi connectivity index (χ0) is 5.54. The summed E-state index contributed by atoms with van der Waals surface area (Å²) < 4.78 is 4.78. The fraction of sp³-hybridized carbons (Fsp3) is 0.600. The number of ether oxygens (including phenoxy) is 1. The Morgan fingerprint density at radius 1 is 1.86 bits per heavy atom. The molecule has 0 bridgehead atoms. The molecule has 2 heteroatoms. The molecule has 0 saturated carbocycles. The van der Waals surface area contributed by atoms with Gasteiger partial charge in [-0.05, 0) is 5.41 Å². The third-order valence-electron chi connectivity index (χ3n) is 0.523. The van der Waals surface area contributed by atoms with Crippen LogP contribution in [0, 0.1) is 0 Å². The summed E-state index contributed by atoms with van der Waals surface area (Å²) in [5.74, 6) is 1.01. The quantitative estimate of drug-likeness (QED) is 0.517. The summed E-state index contributed by atoms with van der Waals surface area (Å²) in [6.45, 7) is 4.36. The Morgan fingerprint density at radius 3 is 3.00 bits per heavy atom. The van der Waals surface area contributed by atoms with Crippen LogP contribution in [-0.2, 0) is 4.74 Å². The van der Waals surface area contributed by atoms with Crippen LogP contribution in [0.25, 0.3) is 0 Å². The molecular formula is C5H10OS. The Bertz CT molecular complexity index is 45.3. The van der Waals surface area contributed by atoms with Crippen LogP contribution in [0.15, 0.2) is 12.0 Å². The number of thioether (sulfide) groups is 1. The maximum atomic E-state index is 4.78. The van der Waals surface area contributed by atoms with E-state index in [0.29, 0.717) is 0 Å². The molecule has 1 nitrogen and oxygen atoms in total. The van der Waals surface area contributed by atoms with E-state index in [1.54, 1.807) is 18.9 Å². The van der Waals surface area contributed by atoms with Crippen LogP contribution in [0.1, 0.15) is 0 Å². The minimum absolute atomic E-state index is 0.816. The molecule has 42 valence electrons. The zero-order valence-electron chi connectivity index (χ0n) is 4.52. The number of hydrogen-bond donors (Lipinski definition) is 0. The van der Waals surface area contributed by atoms with Crippen molar-refractivity contribution in [3.05, 3.63) is 12.0 Å². The molecule has 0 aromatic heterocycles. The lowest BCUT2D eigenvalue weighted by molar-refractivity contribution is 0.219. The van der Waals surface area contributed by atoms with Gasteiger partial charge in [0.1, 0.15) is 0 Å². The molecule has 0 radical (unpaired) electrons. The minimum Gasteiger partial charge on any atom is -0.384 e. The minimum atomic E-state index is 0.816. The van der Waals surface area contributed by atoms with Gasteiger partial charge in [-0.2, -0.15) is 0 Å². The van der Waals surface area contributed by atoms with E-state index in [-0.39, 0.29) is 0 Å². The highest BCUT2D eigenvalue weighted by atomic mass is 32.2. The largest absolute Gasteiger partial charge is 0.384 e. The molecule has 0 atom stereocenters. The molecule has 0 rings (SSSR count). The second kappa shape index (κ2) is 6.05. The van der Waals surface area contributed by atoms with Gasteiger partial charge >= 0.3 is 0 Å². The molecule has 0 spiro atoms. The van der Waals surface area contributed by atoms with Gasteiger partial charge in [-0.15, -0.1) is 11.8 Å². The predicted octanol–water partition coefficient (Wildman–Crippen LogP) is 1.51. The lowest BCUT2D eigenvalue weighted by atomic mass is 10.9. The van der Waals surface area contributed by atoms with Crippen molar-refractivity contribution in [2.75, 3.05) is 19.5 Å². The SMILES string of the molecule is C=CSCCOC. The first kappa shape index (κ1) is 7.05. The molecule has 0 fully saturated rings. The highest BCUT2D eigenvalue weighted by molar-refractivity contribution is 8.02. The Hall–Kier alpha value is 0.0500. The van der Waals surface area contributed by atoms with Gasteiger partial charge in [0.2, 0.25) is 0 Å². The van der Waals surface area contributed by atoms with Crippen molar-refractivity contribution in [3.8, 4) is 0 Å². The summed E-state index contributed by atoms with van der Waals surface area (Å²) in [4.78, 5) is 0. The summed E-state index contributed by atoms with van der Waals surface area (Å²) >= 11 is 1.67. The average Bonchev–Trinajstić information content (AvgIpc) is 1.69. The van der Waals surface area contributed by atoms with E-state index in [0.717, 1.165) is 12.4 Å². The van der Waals surface area contributed by atoms with Crippen LogP contribution >= 0.6 is 11.8 Å². The summed E-state index contributed by atoms with van der Waals surface area (Å²) in [5.41, 5.74) is 0. The highest BCUT2D eigenvalue weighted by Gasteiger charge is 1.77. The molecule has 0 unspecified atom stereocenters. The van der Waals surface area contributed by atoms with Crippen molar-refractivity contribution in [1.29, 1.82) is 0 Å². The van der Waals surface area contributed by atoms with Gasteiger partial charge in [-0.1, -0.05) is 6.58 Å². The Kier molecular flexibility index (Phi) is 6.09. The van der Waals surface area contributed by atoms with Crippen molar-refractivity contribution >= 4 is 11.8 Å². The number of hydrogen-bond acceptors (Lipinski definition) is 2. The summed E-state index contributed by atoms with van der Waals surface area (Å²) in [5, 5.41) is 1.82. The molecule has 7 heavy (non-hydrogen) atoms. The lowest BCUT2D eigenvalue weighted by Gasteiger charge is -1.90. The third kappa shape index (κ3) is 6.05. The maximum absolute atomic E-state index is 4.78. The molecule has 0 heterocycles. The number of rotatable bonds is 4. The molecular weight excluding hydrogens is 108 g/mol. The third-order valence-corrected chi connectivity index (χ3v) is 1.16. The smallest absolute Gasteiger partial charge is 0.0556 e. The first-order valence-electron chi connectivity index (χ1n) is 2.13. The van der Waals surface area contributed by atoms with E-state index < -0.39 is 0 Å². The predicted molar refractivity (Wildman–Crippen MR) is 34.5 cm³/mol. The summed E-state index contributed by atoms with van der Waals surface area (Å²) in [6.07, 6.45) is 0. The van der Waals surface area contributed by atoms with Crippen LogP contribution in [0.4, 0.5) is 0 Å². The van der Waals surface area contributed by atoms with Crippen molar-refractivity contribution in [1.82, 2.24) is 0 Å². The zero-order valence-corrected chi connectivity index (χ0v) is 5.33. The maximum Gasteiger partial charge on any atom is 0.0556 e. The van der Waals surface area contributed by atoms with Gasteiger partial charge in [-0.3, -0.25) is 0 Å². The van der Waals surface area contributed by atoms with Crippen molar-refractivity contribution in [2.24, 2.45) is 0 Å². The molecule has 0 aliphatic carbocycles. The second-order valence-electron chi connectivity index (χ2n) is 1.03. The van der Waals surface area contributed by atoms with E-state index in [9.17, 15) is 0 Å². The monoisotopic (exact) mass is 118 g/mol. The molecule has 0 aliphatic rings. The van der Waals surface area contributed by atoms with E-state index in [1.807, 2.05) is 5.41 Å².